The van der Waals surface area contributed by atoms with Gasteiger partial charge in [-0.15, -0.1) is 0 Å². The van der Waals surface area contributed by atoms with Crippen LogP contribution in [0.15, 0.2) is 67.0 Å². The molecule has 0 atom stereocenters. The van der Waals surface area contributed by atoms with E-state index in [0.717, 1.165) is 23.1 Å². The maximum absolute atomic E-state index is 12.2. The fourth-order valence-corrected chi connectivity index (χ4v) is 3.18. The Balaban J connectivity index is 1.50. The molecule has 0 aliphatic rings. The molecule has 0 aliphatic carbocycles. The first-order valence-electron chi connectivity index (χ1n) is 8.67. The third-order valence-corrected chi connectivity index (χ3v) is 4.74. The Morgan fingerprint density at radius 2 is 1.59 bits per heavy atom. The molecule has 27 heavy (non-hydrogen) atoms. The van der Waals surface area contributed by atoms with Crippen LogP contribution in [0.1, 0.15) is 23.1 Å². The van der Waals surface area contributed by atoms with Gasteiger partial charge in [0.15, 0.2) is 5.75 Å². The lowest BCUT2D eigenvalue weighted by atomic mass is 10.0. The lowest BCUT2D eigenvalue weighted by Gasteiger charge is -2.10. The SMILES string of the molecule is O=C(CCc1cccnc1)Cc1ccc(COc2c(Cl)cccc2Cl)cc1. The van der Waals surface area contributed by atoms with E-state index in [-0.39, 0.29) is 5.78 Å². The standard InChI is InChI=1S/C22H19Cl2NO2/c23-20-4-1-5-21(24)22(20)27-15-18-8-6-16(7-9-18)13-19(26)11-10-17-3-2-12-25-14-17/h1-9,12,14H,10-11,13,15H2. The molecule has 2 aromatic carbocycles. The van der Waals surface area contributed by atoms with Gasteiger partial charge in [0, 0.05) is 25.2 Å². The van der Waals surface area contributed by atoms with Gasteiger partial charge < -0.3 is 4.74 Å². The number of pyridine rings is 1. The average molecular weight is 400 g/mol. The molecule has 0 N–H and O–H groups in total. The lowest BCUT2D eigenvalue weighted by molar-refractivity contribution is -0.118. The molecule has 0 fully saturated rings. The average Bonchev–Trinajstić information content (AvgIpc) is 2.68. The van der Waals surface area contributed by atoms with Crippen molar-refractivity contribution < 1.29 is 9.53 Å². The summed E-state index contributed by atoms with van der Waals surface area (Å²) in [6.45, 7) is 0.360. The second kappa shape index (κ2) is 9.54. The number of para-hydroxylation sites is 1. The van der Waals surface area contributed by atoms with Crippen molar-refractivity contribution in [3.05, 3.63) is 93.7 Å². The van der Waals surface area contributed by atoms with Crippen LogP contribution in [-0.4, -0.2) is 10.8 Å². The van der Waals surface area contributed by atoms with E-state index in [9.17, 15) is 4.79 Å². The summed E-state index contributed by atoms with van der Waals surface area (Å²) in [4.78, 5) is 16.2. The number of ketones is 1. The molecule has 138 valence electrons. The second-order valence-electron chi connectivity index (χ2n) is 6.23. The summed E-state index contributed by atoms with van der Waals surface area (Å²) in [5.41, 5.74) is 3.06. The summed E-state index contributed by atoms with van der Waals surface area (Å²) < 4.78 is 5.73. The van der Waals surface area contributed by atoms with Crippen LogP contribution >= 0.6 is 23.2 Å². The van der Waals surface area contributed by atoms with Gasteiger partial charge in [-0.3, -0.25) is 9.78 Å². The third-order valence-electron chi connectivity index (χ3n) is 4.14. The van der Waals surface area contributed by atoms with Crippen LogP contribution in [0.2, 0.25) is 10.0 Å². The second-order valence-corrected chi connectivity index (χ2v) is 7.05. The molecule has 3 aromatic rings. The van der Waals surface area contributed by atoms with Crippen molar-refractivity contribution in [1.82, 2.24) is 4.98 Å². The van der Waals surface area contributed by atoms with Gasteiger partial charge in [0.1, 0.15) is 12.4 Å². The first-order valence-corrected chi connectivity index (χ1v) is 9.42. The van der Waals surface area contributed by atoms with Gasteiger partial charge in [-0.25, -0.2) is 0 Å². The smallest absolute Gasteiger partial charge is 0.156 e. The number of hydrogen-bond acceptors (Lipinski definition) is 3. The van der Waals surface area contributed by atoms with Crippen LogP contribution < -0.4 is 4.74 Å². The highest BCUT2D eigenvalue weighted by molar-refractivity contribution is 6.37. The molecule has 0 bridgehead atoms. The van der Waals surface area contributed by atoms with Crippen LogP contribution in [0.25, 0.3) is 0 Å². The fraction of sp³-hybridized carbons (Fsp3) is 0.182. The largest absolute Gasteiger partial charge is 0.486 e. The topological polar surface area (TPSA) is 39.2 Å². The predicted molar refractivity (Wildman–Crippen MR) is 109 cm³/mol. The zero-order valence-electron chi connectivity index (χ0n) is 14.7. The number of hydrogen-bond donors (Lipinski definition) is 0. The van der Waals surface area contributed by atoms with Gasteiger partial charge in [-0.2, -0.15) is 0 Å². The molecule has 0 unspecified atom stereocenters. The van der Waals surface area contributed by atoms with Crippen LogP contribution in [-0.2, 0) is 24.2 Å². The van der Waals surface area contributed by atoms with E-state index in [1.54, 1.807) is 30.6 Å². The number of carbonyl (C=O) groups is 1. The minimum absolute atomic E-state index is 0.214. The van der Waals surface area contributed by atoms with Crippen molar-refractivity contribution in [1.29, 1.82) is 0 Å². The van der Waals surface area contributed by atoms with E-state index < -0.39 is 0 Å². The maximum Gasteiger partial charge on any atom is 0.156 e. The van der Waals surface area contributed by atoms with E-state index in [0.29, 0.717) is 35.2 Å². The number of halogens is 2. The van der Waals surface area contributed by atoms with Crippen LogP contribution in [0.5, 0.6) is 5.75 Å². The molecule has 1 aromatic heterocycles. The molecule has 0 amide bonds. The first-order chi connectivity index (χ1) is 13.1. The van der Waals surface area contributed by atoms with Crippen molar-refractivity contribution in [3.63, 3.8) is 0 Å². The summed E-state index contributed by atoms with van der Waals surface area (Å²) in [6, 6.07) is 16.9. The Hall–Kier alpha value is -2.36. The zero-order valence-corrected chi connectivity index (χ0v) is 16.2. The van der Waals surface area contributed by atoms with Crippen LogP contribution in [0, 0.1) is 0 Å². The molecule has 0 saturated heterocycles. The number of nitrogens with zero attached hydrogens (tertiary/aromatic N) is 1. The molecule has 0 spiro atoms. The Bertz CT molecular complexity index is 876. The first kappa shape index (κ1) is 19.4. The normalized spacial score (nSPS) is 10.6. The van der Waals surface area contributed by atoms with Crippen molar-refractivity contribution >= 4 is 29.0 Å². The highest BCUT2D eigenvalue weighted by atomic mass is 35.5. The third kappa shape index (κ3) is 5.81. The van der Waals surface area contributed by atoms with Crippen LogP contribution in [0.4, 0.5) is 0 Å². The van der Waals surface area contributed by atoms with E-state index in [1.807, 2.05) is 36.4 Å². The van der Waals surface area contributed by atoms with Crippen molar-refractivity contribution in [2.45, 2.75) is 25.9 Å². The minimum Gasteiger partial charge on any atom is -0.486 e. The predicted octanol–water partition coefficient (Wildman–Crippen LogP) is 5.71. The highest BCUT2D eigenvalue weighted by Gasteiger charge is 2.08. The molecular weight excluding hydrogens is 381 g/mol. The van der Waals surface area contributed by atoms with Gasteiger partial charge in [-0.05, 0) is 41.3 Å². The number of aryl methyl sites for hydroxylation is 1. The number of Topliss-reactive ketones (excluding diaryl/α,β-unsaturated/α-hetero) is 1. The van der Waals surface area contributed by atoms with Gasteiger partial charge in [0.2, 0.25) is 0 Å². The molecule has 0 saturated carbocycles. The molecule has 3 rings (SSSR count). The fourth-order valence-electron chi connectivity index (χ4n) is 2.68. The Morgan fingerprint density at radius 3 is 2.26 bits per heavy atom. The quantitative estimate of drug-likeness (QED) is 0.486. The van der Waals surface area contributed by atoms with E-state index in [1.165, 1.54) is 0 Å². The summed E-state index contributed by atoms with van der Waals surface area (Å²) in [5, 5.41) is 0.969. The highest BCUT2D eigenvalue weighted by Crippen LogP contribution is 2.32. The molecule has 3 nitrogen and oxygen atoms in total. The van der Waals surface area contributed by atoms with Gasteiger partial charge >= 0.3 is 0 Å². The van der Waals surface area contributed by atoms with E-state index in [2.05, 4.69) is 4.98 Å². The number of ether oxygens (including phenoxy) is 1. The van der Waals surface area contributed by atoms with E-state index in [4.69, 9.17) is 27.9 Å². The number of rotatable bonds is 8. The monoisotopic (exact) mass is 399 g/mol. The minimum atomic E-state index is 0.214. The molecule has 0 aliphatic heterocycles. The number of carbonyl (C=O) groups excluding carboxylic acids is 1. The lowest BCUT2D eigenvalue weighted by Crippen LogP contribution is -2.05. The molecule has 1 heterocycles. The Morgan fingerprint density at radius 1 is 0.889 bits per heavy atom. The van der Waals surface area contributed by atoms with Crippen molar-refractivity contribution in [3.8, 4) is 5.75 Å². The van der Waals surface area contributed by atoms with Crippen molar-refractivity contribution in [2.75, 3.05) is 0 Å². The van der Waals surface area contributed by atoms with Crippen molar-refractivity contribution in [2.24, 2.45) is 0 Å². The summed E-state index contributed by atoms with van der Waals surface area (Å²) >= 11 is 12.2. The maximum atomic E-state index is 12.2. The number of benzene rings is 2. The summed E-state index contributed by atoms with van der Waals surface area (Å²) in [5.74, 6) is 0.696. The molecule has 5 heteroatoms. The Labute approximate surface area is 168 Å². The summed E-state index contributed by atoms with van der Waals surface area (Å²) in [7, 11) is 0. The zero-order chi connectivity index (χ0) is 19.1. The van der Waals surface area contributed by atoms with Gasteiger partial charge in [0.25, 0.3) is 0 Å². The molecular formula is C22H19Cl2NO2. The summed E-state index contributed by atoms with van der Waals surface area (Å²) in [6.07, 6.45) is 5.19. The van der Waals surface area contributed by atoms with Gasteiger partial charge in [0.05, 0.1) is 10.0 Å². The van der Waals surface area contributed by atoms with E-state index >= 15 is 0 Å². The molecule has 0 radical (unpaired) electrons. The number of aromatic nitrogens is 1. The Kier molecular flexibility index (Phi) is 6.86. The van der Waals surface area contributed by atoms with Gasteiger partial charge in [-0.1, -0.05) is 59.6 Å². The van der Waals surface area contributed by atoms with Crippen LogP contribution in [0.3, 0.4) is 0 Å².